The van der Waals surface area contributed by atoms with Crippen LogP contribution in [0.25, 0.3) is 33.6 Å². The van der Waals surface area contributed by atoms with E-state index in [1.165, 1.54) is 7.11 Å². The van der Waals surface area contributed by atoms with Gasteiger partial charge in [0.05, 0.1) is 43.5 Å². The molecule has 3 amide bonds. The number of alkyl carbamates (subject to hydrolysis) is 1. The molecule has 278 valence electrons. The predicted molar refractivity (Wildman–Crippen MR) is 204 cm³/mol. The van der Waals surface area contributed by atoms with Crippen LogP contribution < -0.4 is 5.32 Å². The van der Waals surface area contributed by atoms with Crippen molar-refractivity contribution < 1.29 is 19.1 Å². The molecule has 5 rings (SSSR count). The fraction of sp³-hybridized carbons (Fsp3) is 0.488. The van der Waals surface area contributed by atoms with Gasteiger partial charge >= 0.3 is 6.09 Å². The predicted octanol–water partition coefficient (Wildman–Crippen LogP) is 7.84. The second kappa shape index (κ2) is 16.6. The van der Waals surface area contributed by atoms with Crippen molar-refractivity contribution in [3.05, 3.63) is 72.6 Å². The zero-order chi connectivity index (χ0) is 37.7. The summed E-state index contributed by atoms with van der Waals surface area (Å²) in [6, 6.07) is 16.1. The van der Waals surface area contributed by atoms with E-state index in [-0.39, 0.29) is 35.7 Å². The molecule has 2 aromatic carbocycles. The molecule has 11 nitrogen and oxygen atoms in total. The van der Waals surface area contributed by atoms with Crippen LogP contribution >= 0.6 is 0 Å². The van der Waals surface area contributed by atoms with E-state index < -0.39 is 12.1 Å². The molecule has 52 heavy (non-hydrogen) atoms. The first-order chi connectivity index (χ1) is 24.7. The molecule has 0 unspecified atom stereocenters. The largest absolute Gasteiger partial charge is 0.453 e. The van der Waals surface area contributed by atoms with Gasteiger partial charge in [-0.3, -0.25) is 9.59 Å². The molecule has 1 saturated heterocycles. The van der Waals surface area contributed by atoms with Crippen LogP contribution in [0.2, 0.25) is 0 Å². The molecule has 1 aliphatic heterocycles. The minimum atomic E-state index is -0.707. The molecule has 3 N–H and O–H groups in total. The lowest BCUT2D eigenvalue weighted by Gasteiger charge is -2.30. The van der Waals surface area contributed by atoms with Gasteiger partial charge in [-0.1, -0.05) is 97.0 Å². The summed E-state index contributed by atoms with van der Waals surface area (Å²) >= 11 is 0. The summed E-state index contributed by atoms with van der Waals surface area (Å²) in [6.45, 7) is 17.2. The van der Waals surface area contributed by atoms with Gasteiger partial charge in [0.1, 0.15) is 17.7 Å². The smallest absolute Gasteiger partial charge is 0.407 e. The number of likely N-dealkylation sites (tertiary alicyclic amines) is 1. The van der Waals surface area contributed by atoms with Gasteiger partial charge < -0.3 is 29.8 Å². The molecule has 4 atom stereocenters. The summed E-state index contributed by atoms with van der Waals surface area (Å²) in [5.41, 5.74) is 5.98. The van der Waals surface area contributed by atoms with Gasteiger partial charge in [-0.15, -0.1) is 0 Å². The SMILES string of the molecule is COC(=O)N[C@H](C(=O)N(Cc1ncc(-c2ccc(-c3ccc(-c4cnc([C@@H]5C[C@@H](C)[C@@H](C)N5C(=O)CC(C)C)[nH]4)cc3)cc2)[nH]1)CC(C)C)C(C)C. The van der Waals surface area contributed by atoms with Crippen LogP contribution in [0.4, 0.5) is 4.79 Å². The van der Waals surface area contributed by atoms with E-state index in [2.05, 4.69) is 110 Å². The topological polar surface area (TPSA) is 136 Å². The van der Waals surface area contributed by atoms with Crippen LogP contribution in [0, 0.1) is 23.7 Å². The number of benzene rings is 2. The maximum atomic E-state index is 13.6. The number of hydrogen-bond donors (Lipinski definition) is 3. The summed E-state index contributed by atoms with van der Waals surface area (Å²) in [5, 5.41) is 2.69. The van der Waals surface area contributed by atoms with Crippen molar-refractivity contribution in [1.29, 1.82) is 0 Å². The number of nitrogens with zero attached hydrogens (tertiary/aromatic N) is 4. The standard InChI is InChI=1S/C41H55N7O4/c1-24(2)18-37(49)48-28(8)27(7)19-35(48)39-43-21-34(45-39)32-16-12-30(13-17-32)29-10-14-31(15-11-29)33-20-42-36(44-33)23-47(22-25(3)4)40(50)38(26(5)6)46-41(51)52-9/h10-17,20-21,24-28,35,38H,18-19,22-23H2,1-9H3,(H,42,44)(H,43,45)(H,46,51)/t27-,28-,35+,38+/m1/s1. The number of nitrogens with one attached hydrogen (secondary N) is 3. The second-order valence-corrected chi connectivity index (χ2v) is 15.4. The molecule has 1 fully saturated rings. The normalized spacial score (nSPS) is 17.9. The fourth-order valence-corrected chi connectivity index (χ4v) is 7.00. The molecule has 0 aliphatic carbocycles. The first-order valence-corrected chi connectivity index (χ1v) is 18.5. The Morgan fingerprint density at radius 3 is 1.94 bits per heavy atom. The average Bonchev–Trinajstić information content (AvgIpc) is 3.86. The molecule has 11 heteroatoms. The van der Waals surface area contributed by atoms with E-state index in [1.807, 2.05) is 24.9 Å². The maximum absolute atomic E-state index is 13.6. The zero-order valence-electron chi connectivity index (χ0n) is 32.1. The van der Waals surface area contributed by atoms with Crippen LogP contribution in [0.15, 0.2) is 60.9 Å². The Kier molecular flexibility index (Phi) is 12.2. The Balaban J connectivity index is 1.26. The van der Waals surface area contributed by atoms with Gasteiger partial charge in [0.25, 0.3) is 0 Å². The number of methoxy groups -OCH3 is 1. The Bertz CT molecular complexity index is 1810. The number of amides is 3. The Labute approximate surface area is 308 Å². The fourth-order valence-electron chi connectivity index (χ4n) is 7.00. The summed E-state index contributed by atoms with van der Waals surface area (Å²) in [6.07, 6.45) is 4.47. The summed E-state index contributed by atoms with van der Waals surface area (Å²) in [7, 11) is 1.29. The van der Waals surface area contributed by atoms with Crippen molar-refractivity contribution in [3.63, 3.8) is 0 Å². The van der Waals surface area contributed by atoms with Crippen molar-refractivity contribution in [2.45, 2.75) is 92.9 Å². The van der Waals surface area contributed by atoms with Crippen molar-refractivity contribution in [3.8, 4) is 33.6 Å². The van der Waals surface area contributed by atoms with Crippen molar-refractivity contribution in [1.82, 2.24) is 35.1 Å². The number of aromatic amines is 2. The van der Waals surface area contributed by atoms with E-state index >= 15 is 0 Å². The minimum absolute atomic E-state index is 0.0391. The highest BCUT2D eigenvalue weighted by atomic mass is 16.5. The first-order valence-electron chi connectivity index (χ1n) is 18.5. The lowest BCUT2D eigenvalue weighted by Crippen LogP contribution is -2.51. The number of ether oxygens (including phenoxy) is 1. The van der Waals surface area contributed by atoms with Gasteiger partial charge in [0.2, 0.25) is 11.8 Å². The van der Waals surface area contributed by atoms with Crippen molar-refractivity contribution in [2.75, 3.05) is 13.7 Å². The monoisotopic (exact) mass is 709 g/mol. The molecular formula is C41H55N7O4. The third-order valence-electron chi connectivity index (χ3n) is 9.96. The molecule has 0 saturated carbocycles. The molecule has 0 bridgehead atoms. The highest BCUT2D eigenvalue weighted by Gasteiger charge is 2.41. The number of carbonyl (C=O) groups excluding carboxylic acids is 3. The number of imidazole rings is 2. The van der Waals surface area contributed by atoms with E-state index in [9.17, 15) is 14.4 Å². The summed E-state index contributed by atoms with van der Waals surface area (Å²) < 4.78 is 4.76. The van der Waals surface area contributed by atoms with Crippen molar-refractivity contribution in [2.24, 2.45) is 23.7 Å². The van der Waals surface area contributed by atoms with E-state index in [1.54, 1.807) is 11.1 Å². The Morgan fingerprint density at radius 2 is 1.40 bits per heavy atom. The summed E-state index contributed by atoms with van der Waals surface area (Å²) in [5.74, 6) is 2.37. The Hall–Kier alpha value is -4.93. The van der Waals surface area contributed by atoms with Gasteiger partial charge in [-0.05, 0) is 59.3 Å². The number of rotatable bonds is 13. The lowest BCUT2D eigenvalue weighted by atomic mass is 10.0. The van der Waals surface area contributed by atoms with Crippen LogP contribution in [-0.4, -0.2) is 73.4 Å². The van der Waals surface area contributed by atoms with E-state index in [0.717, 1.165) is 45.9 Å². The van der Waals surface area contributed by atoms with Gasteiger partial charge in [-0.25, -0.2) is 14.8 Å². The average molecular weight is 710 g/mol. The van der Waals surface area contributed by atoms with Gasteiger partial charge in [0.15, 0.2) is 0 Å². The van der Waals surface area contributed by atoms with Crippen LogP contribution in [0.1, 0.15) is 85.9 Å². The molecule has 1 aliphatic rings. The van der Waals surface area contributed by atoms with Crippen molar-refractivity contribution >= 4 is 17.9 Å². The minimum Gasteiger partial charge on any atom is -0.453 e. The second-order valence-electron chi connectivity index (χ2n) is 15.4. The molecule has 4 aromatic rings. The number of hydrogen-bond acceptors (Lipinski definition) is 6. The summed E-state index contributed by atoms with van der Waals surface area (Å²) in [4.78, 5) is 58.7. The van der Waals surface area contributed by atoms with Crippen LogP contribution in [-0.2, 0) is 20.9 Å². The quantitative estimate of drug-likeness (QED) is 0.129. The molecule has 0 radical (unpaired) electrons. The maximum Gasteiger partial charge on any atom is 0.407 e. The zero-order valence-corrected chi connectivity index (χ0v) is 32.1. The third-order valence-corrected chi connectivity index (χ3v) is 9.96. The highest BCUT2D eigenvalue weighted by molar-refractivity contribution is 5.86. The third kappa shape index (κ3) is 8.92. The van der Waals surface area contributed by atoms with Crippen LogP contribution in [0.5, 0.6) is 0 Å². The van der Waals surface area contributed by atoms with E-state index in [0.29, 0.717) is 37.2 Å². The number of H-pyrrole nitrogens is 2. The number of aromatic nitrogens is 4. The van der Waals surface area contributed by atoms with Crippen LogP contribution in [0.3, 0.4) is 0 Å². The molecule has 0 spiro atoms. The first kappa shape index (κ1) is 38.3. The van der Waals surface area contributed by atoms with Gasteiger partial charge in [-0.2, -0.15) is 0 Å². The number of carbonyl (C=O) groups is 3. The molecule has 3 heterocycles. The van der Waals surface area contributed by atoms with E-state index in [4.69, 9.17) is 9.72 Å². The molecular weight excluding hydrogens is 654 g/mol. The lowest BCUT2D eigenvalue weighted by molar-refractivity contribution is -0.136. The van der Waals surface area contributed by atoms with Gasteiger partial charge in [0, 0.05) is 19.0 Å². The Morgan fingerprint density at radius 1 is 0.846 bits per heavy atom. The highest BCUT2D eigenvalue weighted by Crippen LogP contribution is 2.40. The molecule has 2 aromatic heterocycles.